The molecule has 0 spiro atoms. The molecule has 0 bridgehead atoms. The summed E-state index contributed by atoms with van der Waals surface area (Å²) in [7, 11) is 0. The lowest BCUT2D eigenvalue weighted by Crippen LogP contribution is -2.33. The maximum absolute atomic E-state index is 12.2. The quantitative estimate of drug-likeness (QED) is 0.755. The van der Waals surface area contributed by atoms with Crippen LogP contribution in [0.5, 0.6) is 0 Å². The summed E-state index contributed by atoms with van der Waals surface area (Å²) >= 11 is 6.07. The molecular weight excluding hydrogens is 320 g/mol. The van der Waals surface area contributed by atoms with Crippen LogP contribution in [0.3, 0.4) is 0 Å². The van der Waals surface area contributed by atoms with Crippen LogP contribution < -0.4 is 10.6 Å². The first kappa shape index (κ1) is 18.5. The molecule has 0 radical (unpaired) electrons. The Morgan fingerprint density at radius 1 is 1.08 bits per heavy atom. The molecule has 2 aromatic rings. The van der Waals surface area contributed by atoms with E-state index in [-0.39, 0.29) is 18.5 Å². The number of nitrogens with one attached hydrogen (secondary N) is 2. The Bertz CT molecular complexity index is 668. The molecule has 2 rings (SSSR count). The van der Waals surface area contributed by atoms with Crippen LogP contribution in [-0.4, -0.2) is 12.5 Å². The Labute approximate surface area is 149 Å². The van der Waals surface area contributed by atoms with Gasteiger partial charge in [-0.3, -0.25) is 4.79 Å². The molecule has 0 aliphatic carbocycles. The van der Waals surface area contributed by atoms with Crippen molar-refractivity contribution >= 4 is 23.2 Å². The van der Waals surface area contributed by atoms with Crippen LogP contribution in [0.1, 0.15) is 37.9 Å². The van der Waals surface area contributed by atoms with Gasteiger partial charge < -0.3 is 10.6 Å². The summed E-state index contributed by atoms with van der Waals surface area (Å²) in [6, 6.07) is 16.0. The highest BCUT2D eigenvalue weighted by Gasteiger charge is 2.16. The molecule has 0 unspecified atom stereocenters. The van der Waals surface area contributed by atoms with Gasteiger partial charge in [0.2, 0.25) is 5.91 Å². The Balaban J connectivity index is 1.98. The second-order valence-electron chi connectivity index (χ2n) is 6.23. The van der Waals surface area contributed by atoms with E-state index in [1.807, 2.05) is 12.1 Å². The van der Waals surface area contributed by atoms with Crippen molar-refractivity contribution in [1.29, 1.82) is 0 Å². The standard InChI is InChI=1S/C20H25ClN2O/c1-4-15-9-11-16(12-10-15)20(14(2)3)22-13-19(24)23-18-8-6-5-7-17(18)21/h5-12,14,20,22H,4,13H2,1-3H3,(H,23,24)/t20-/m0/s1. The summed E-state index contributed by atoms with van der Waals surface area (Å²) in [6.07, 6.45) is 1.03. The number of para-hydroxylation sites is 1. The molecule has 0 fully saturated rings. The van der Waals surface area contributed by atoms with Gasteiger partial charge in [-0.2, -0.15) is 0 Å². The number of carbonyl (C=O) groups is 1. The predicted molar refractivity (Wildman–Crippen MR) is 101 cm³/mol. The molecule has 0 heterocycles. The van der Waals surface area contributed by atoms with E-state index in [2.05, 4.69) is 55.7 Å². The van der Waals surface area contributed by atoms with E-state index >= 15 is 0 Å². The number of carbonyl (C=O) groups excluding carboxylic acids is 1. The van der Waals surface area contributed by atoms with Crippen LogP contribution in [0.4, 0.5) is 5.69 Å². The van der Waals surface area contributed by atoms with Gasteiger partial charge in [-0.15, -0.1) is 0 Å². The molecule has 0 aromatic heterocycles. The van der Waals surface area contributed by atoms with Crippen molar-refractivity contribution in [1.82, 2.24) is 5.32 Å². The molecule has 2 aromatic carbocycles. The fourth-order valence-electron chi connectivity index (χ4n) is 2.66. The average molecular weight is 345 g/mol. The minimum atomic E-state index is -0.0982. The maximum Gasteiger partial charge on any atom is 0.238 e. The van der Waals surface area contributed by atoms with Gasteiger partial charge in [0.05, 0.1) is 17.3 Å². The van der Waals surface area contributed by atoms with Gasteiger partial charge in [0.25, 0.3) is 0 Å². The fraction of sp³-hybridized carbons (Fsp3) is 0.350. The number of benzene rings is 2. The van der Waals surface area contributed by atoms with Crippen molar-refractivity contribution in [2.75, 3.05) is 11.9 Å². The number of rotatable bonds is 7. The molecule has 3 nitrogen and oxygen atoms in total. The van der Waals surface area contributed by atoms with Crippen molar-refractivity contribution in [3.63, 3.8) is 0 Å². The zero-order valence-corrected chi connectivity index (χ0v) is 15.2. The number of amides is 1. The van der Waals surface area contributed by atoms with Crippen molar-refractivity contribution in [2.24, 2.45) is 5.92 Å². The third kappa shape index (κ3) is 5.08. The van der Waals surface area contributed by atoms with Crippen molar-refractivity contribution in [3.8, 4) is 0 Å². The van der Waals surface area contributed by atoms with Gasteiger partial charge >= 0.3 is 0 Å². The Morgan fingerprint density at radius 3 is 2.33 bits per heavy atom. The van der Waals surface area contributed by atoms with Gasteiger partial charge in [0.15, 0.2) is 0 Å². The zero-order chi connectivity index (χ0) is 17.5. The van der Waals surface area contributed by atoms with Crippen LogP contribution in [0.2, 0.25) is 5.02 Å². The molecule has 128 valence electrons. The Kier molecular flexibility index (Phi) is 6.83. The lowest BCUT2D eigenvalue weighted by Gasteiger charge is -2.23. The highest BCUT2D eigenvalue weighted by molar-refractivity contribution is 6.33. The number of aryl methyl sites for hydroxylation is 1. The van der Waals surface area contributed by atoms with E-state index in [9.17, 15) is 4.79 Å². The largest absolute Gasteiger partial charge is 0.324 e. The molecule has 24 heavy (non-hydrogen) atoms. The van der Waals surface area contributed by atoms with Gasteiger partial charge in [-0.1, -0.05) is 68.8 Å². The first-order valence-corrected chi connectivity index (χ1v) is 8.75. The summed E-state index contributed by atoms with van der Waals surface area (Å²) in [6.45, 7) is 6.69. The van der Waals surface area contributed by atoms with Crippen molar-refractivity contribution < 1.29 is 4.79 Å². The zero-order valence-electron chi connectivity index (χ0n) is 14.5. The van der Waals surface area contributed by atoms with Gasteiger partial charge in [-0.25, -0.2) is 0 Å². The predicted octanol–water partition coefficient (Wildman–Crippen LogP) is 4.83. The number of hydrogen-bond acceptors (Lipinski definition) is 2. The summed E-state index contributed by atoms with van der Waals surface area (Å²) in [5, 5.41) is 6.74. The number of halogens is 1. The van der Waals surface area contributed by atoms with E-state index < -0.39 is 0 Å². The normalized spacial score (nSPS) is 12.2. The third-order valence-electron chi connectivity index (χ3n) is 4.04. The summed E-state index contributed by atoms with van der Waals surface area (Å²) in [5.74, 6) is 0.282. The highest BCUT2D eigenvalue weighted by Crippen LogP contribution is 2.23. The number of anilines is 1. The SMILES string of the molecule is CCc1ccc([C@@H](NCC(=O)Nc2ccccc2Cl)C(C)C)cc1. The molecule has 2 N–H and O–H groups in total. The molecule has 0 aliphatic heterocycles. The van der Waals surface area contributed by atoms with E-state index in [0.29, 0.717) is 16.6 Å². The van der Waals surface area contributed by atoms with Crippen LogP contribution in [0.25, 0.3) is 0 Å². The first-order chi connectivity index (χ1) is 11.5. The van der Waals surface area contributed by atoms with Crippen LogP contribution in [0.15, 0.2) is 48.5 Å². The van der Waals surface area contributed by atoms with Crippen LogP contribution in [0, 0.1) is 5.92 Å². The van der Waals surface area contributed by atoms with Gasteiger partial charge in [0, 0.05) is 6.04 Å². The van der Waals surface area contributed by atoms with Gasteiger partial charge in [0.1, 0.15) is 0 Å². The fourth-order valence-corrected chi connectivity index (χ4v) is 2.84. The monoisotopic (exact) mass is 344 g/mol. The average Bonchev–Trinajstić information content (AvgIpc) is 2.57. The summed E-state index contributed by atoms with van der Waals surface area (Å²) in [5.41, 5.74) is 3.16. The van der Waals surface area contributed by atoms with Crippen LogP contribution in [-0.2, 0) is 11.2 Å². The van der Waals surface area contributed by atoms with Crippen molar-refractivity contribution in [2.45, 2.75) is 33.2 Å². The Morgan fingerprint density at radius 2 is 1.75 bits per heavy atom. The van der Waals surface area contributed by atoms with E-state index in [0.717, 1.165) is 6.42 Å². The Hall–Kier alpha value is -1.84. The number of hydrogen-bond donors (Lipinski definition) is 2. The lowest BCUT2D eigenvalue weighted by atomic mass is 9.95. The molecule has 0 saturated heterocycles. The van der Waals surface area contributed by atoms with Crippen molar-refractivity contribution in [3.05, 3.63) is 64.7 Å². The summed E-state index contributed by atoms with van der Waals surface area (Å²) < 4.78 is 0. The first-order valence-electron chi connectivity index (χ1n) is 8.37. The highest BCUT2D eigenvalue weighted by atomic mass is 35.5. The van der Waals surface area contributed by atoms with Crippen LogP contribution >= 0.6 is 11.6 Å². The molecule has 0 aliphatic rings. The third-order valence-corrected chi connectivity index (χ3v) is 4.37. The molecule has 1 amide bonds. The molecular formula is C20H25ClN2O. The van der Waals surface area contributed by atoms with E-state index in [1.54, 1.807) is 12.1 Å². The molecule has 1 atom stereocenters. The lowest BCUT2D eigenvalue weighted by molar-refractivity contribution is -0.115. The second-order valence-corrected chi connectivity index (χ2v) is 6.63. The minimum absolute atomic E-state index is 0.0982. The summed E-state index contributed by atoms with van der Waals surface area (Å²) in [4.78, 5) is 12.2. The van der Waals surface area contributed by atoms with Gasteiger partial charge in [-0.05, 0) is 35.6 Å². The topological polar surface area (TPSA) is 41.1 Å². The van der Waals surface area contributed by atoms with E-state index in [4.69, 9.17) is 11.6 Å². The molecule has 4 heteroatoms. The molecule has 0 saturated carbocycles. The maximum atomic E-state index is 12.2. The minimum Gasteiger partial charge on any atom is -0.324 e. The smallest absolute Gasteiger partial charge is 0.238 e. The second kappa shape index (κ2) is 8.86. The van der Waals surface area contributed by atoms with E-state index in [1.165, 1.54) is 11.1 Å².